The molecule has 0 aromatic heterocycles. The molecule has 1 N–H and O–H groups in total. The normalized spacial score (nSPS) is 15.7. The summed E-state index contributed by atoms with van der Waals surface area (Å²) >= 11 is 7.52. The van der Waals surface area contributed by atoms with Gasteiger partial charge < -0.3 is 10.0 Å². The molecule has 3 nitrogen and oxygen atoms in total. The average Bonchev–Trinajstić information content (AvgIpc) is 2.58. The Morgan fingerprint density at radius 1 is 1.00 bits per heavy atom. The number of aliphatic hydroxyl groups excluding tert-OH is 1. The molecule has 0 saturated carbocycles. The lowest BCUT2D eigenvalue weighted by atomic mass is 10.1. The lowest BCUT2D eigenvalue weighted by Gasteiger charge is -2.29. The Kier molecular flexibility index (Phi) is 5.26. The molecule has 2 aromatic rings. The highest BCUT2D eigenvalue weighted by atomic mass is 35.5. The van der Waals surface area contributed by atoms with Crippen LogP contribution in [0.5, 0.6) is 0 Å². The van der Waals surface area contributed by atoms with Crippen molar-refractivity contribution in [3.8, 4) is 0 Å². The number of carbonyl (C=O) groups excluding carboxylic acids is 1. The van der Waals surface area contributed by atoms with Crippen LogP contribution in [0.25, 0.3) is 0 Å². The second-order valence-electron chi connectivity index (χ2n) is 5.60. The molecule has 120 valence electrons. The minimum absolute atomic E-state index is 0.0416. The molecule has 1 aliphatic rings. The highest BCUT2D eigenvalue weighted by molar-refractivity contribution is 7.99. The zero-order valence-electron chi connectivity index (χ0n) is 12.6. The number of hydrogen-bond donors (Lipinski definition) is 1. The highest BCUT2D eigenvalue weighted by Gasteiger charge is 2.22. The van der Waals surface area contributed by atoms with Gasteiger partial charge in [-0.25, -0.2) is 0 Å². The molecule has 1 saturated heterocycles. The predicted molar refractivity (Wildman–Crippen MR) is 93.2 cm³/mol. The van der Waals surface area contributed by atoms with Crippen LogP contribution in [-0.4, -0.2) is 35.1 Å². The van der Waals surface area contributed by atoms with E-state index < -0.39 is 0 Å². The van der Waals surface area contributed by atoms with Gasteiger partial charge in [0.05, 0.1) is 6.10 Å². The van der Waals surface area contributed by atoms with Gasteiger partial charge in [-0.3, -0.25) is 4.79 Å². The van der Waals surface area contributed by atoms with Crippen molar-refractivity contribution in [2.45, 2.75) is 28.7 Å². The van der Waals surface area contributed by atoms with E-state index in [1.54, 1.807) is 11.8 Å². The SMILES string of the molecule is O=C(c1ccc(Sc2ccc(Cl)cc2)cc1)N1CCC(O)CC1. The Morgan fingerprint density at radius 3 is 2.09 bits per heavy atom. The van der Waals surface area contributed by atoms with Gasteiger partial charge in [0.2, 0.25) is 0 Å². The topological polar surface area (TPSA) is 40.5 Å². The summed E-state index contributed by atoms with van der Waals surface area (Å²) < 4.78 is 0. The van der Waals surface area contributed by atoms with E-state index in [9.17, 15) is 9.90 Å². The fourth-order valence-corrected chi connectivity index (χ4v) is 3.50. The van der Waals surface area contributed by atoms with Gasteiger partial charge in [-0.1, -0.05) is 23.4 Å². The van der Waals surface area contributed by atoms with E-state index in [1.807, 2.05) is 53.4 Å². The fraction of sp³-hybridized carbons (Fsp3) is 0.278. The first-order valence-electron chi connectivity index (χ1n) is 7.62. The molecule has 5 heteroatoms. The third-order valence-electron chi connectivity index (χ3n) is 3.90. The Morgan fingerprint density at radius 2 is 1.52 bits per heavy atom. The minimum atomic E-state index is -0.266. The van der Waals surface area contributed by atoms with Gasteiger partial charge in [0.25, 0.3) is 5.91 Å². The first-order valence-corrected chi connectivity index (χ1v) is 8.82. The average molecular weight is 348 g/mol. The molecule has 0 atom stereocenters. The van der Waals surface area contributed by atoms with Gasteiger partial charge in [-0.15, -0.1) is 0 Å². The molecule has 3 rings (SSSR count). The van der Waals surface area contributed by atoms with Crippen LogP contribution >= 0.6 is 23.4 Å². The van der Waals surface area contributed by atoms with Crippen molar-refractivity contribution in [1.29, 1.82) is 0 Å². The Labute approximate surface area is 145 Å². The quantitative estimate of drug-likeness (QED) is 0.909. The molecule has 1 amide bonds. The van der Waals surface area contributed by atoms with Crippen LogP contribution in [0, 0.1) is 0 Å². The molecule has 1 fully saturated rings. The summed E-state index contributed by atoms with van der Waals surface area (Å²) in [5, 5.41) is 10.2. The number of likely N-dealkylation sites (tertiary alicyclic amines) is 1. The summed E-state index contributed by atoms with van der Waals surface area (Å²) in [6, 6.07) is 15.4. The molecule has 23 heavy (non-hydrogen) atoms. The fourth-order valence-electron chi connectivity index (χ4n) is 2.56. The van der Waals surface area contributed by atoms with Crippen LogP contribution in [0.1, 0.15) is 23.2 Å². The summed E-state index contributed by atoms with van der Waals surface area (Å²) in [6.45, 7) is 1.25. The molecule has 0 unspecified atom stereocenters. The maximum atomic E-state index is 12.4. The van der Waals surface area contributed by atoms with Gasteiger partial charge in [-0.2, -0.15) is 0 Å². The van der Waals surface area contributed by atoms with Crippen LogP contribution in [0.3, 0.4) is 0 Å². The van der Waals surface area contributed by atoms with Gasteiger partial charge in [0.15, 0.2) is 0 Å². The highest BCUT2D eigenvalue weighted by Crippen LogP contribution is 2.29. The number of benzene rings is 2. The van der Waals surface area contributed by atoms with Gasteiger partial charge in [0, 0.05) is 33.5 Å². The number of rotatable bonds is 3. The van der Waals surface area contributed by atoms with Crippen LogP contribution in [-0.2, 0) is 0 Å². The van der Waals surface area contributed by atoms with Crippen LogP contribution in [0.15, 0.2) is 58.3 Å². The smallest absolute Gasteiger partial charge is 0.253 e. The molecule has 1 heterocycles. The van der Waals surface area contributed by atoms with Gasteiger partial charge in [0.1, 0.15) is 0 Å². The van der Waals surface area contributed by atoms with E-state index in [2.05, 4.69) is 0 Å². The first-order chi connectivity index (χ1) is 11.1. The van der Waals surface area contributed by atoms with E-state index in [0.717, 1.165) is 14.8 Å². The van der Waals surface area contributed by atoms with Crippen LogP contribution < -0.4 is 0 Å². The first kappa shape index (κ1) is 16.4. The van der Waals surface area contributed by atoms with Crippen molar-refractivity contribution in [2.75, 3.05) is 13.1 Å². The molecular weight excluding hydrogens is 330 g/mol. The van der Waals surface area contributed by atoms with Crippen LogP contribution in [0.4, 0.5) is 0 Å². The lowest BCUT2D eigenvalue weighted by molar-refractivity contribution is 0.0546. The summed E-state index contributed by atoms with van der Waals surface area (Å²) in [7, 11) is 0. The van der Waals surface area contributed by atoms with E-state index in [1.165, 1.54) is 0 Å². The van der Waals surface area contributed by atoms with E-state index in [-0.39, 0.29) is 12.0 Å². The van der Waals surface area contributed by atoms with Gasteiger partial charge in [-0.05, 0) is 61.4 Å². The molecule has 0 radical (unpaired) electrons. The second kappa shape index (κ2) is 7.39. The molecular formula is C18H18ClNO2S. The summed E-state index contributed by atoms with van der Waals surface area (Å²) in [4.78, 5) is 16.4. The maximum Gasteiger partial charge on any atom is 0.253 e. The van der Waals surface area contributed by atoms with E-state index >= 15 is 0 Å². The number of carbonyl (C=O) groups is 1. The molecule has 2 aromatic carbocycles. The lowest BCUT2D eigenvalue weighted by Crippen LogP contribution is -2.40. The van der Waals surface area contributed by atoms with Crippen molar-refractivity contribution in [3.05, 3.63) is 59.1 Å². The Balaban J connectivity index is 1.64. The third-order valence-corrected chi connectivity index (χ3v) is 5.17. The molecule has 0 bridgehead atoms. The largest absolute Gasteiger partial charge is 0.393 e. The summed E-state index contributed by atoms with van der Waals surface area (Å²) in [6.07, 6.45) is 1.06. The van der Waals surface area contributed by atoms with Gasteiger partial charge >= 0.3 is 0 Å². The molecule has 1 aliphatic heterocycles. The van der Waals surface area contributed by atoms with Crippen molar-refractivity contribution in [3.63, 3.8) is 0 Å². The summed E-state index contributed by atoms with van der Waals surface area (Å²) in [5.41, 5.74) is 0.696. The van der Waals surface area contributed by atoms with Crippen molar-refractivity contribution in [2.24, 2.45) is 0 Å². The number of aliphatic hydroxyl groups is 1. The third kappa shape index (κ3) is 4.28. The summed E-state index contributed by atoms with van der Waals surface area (Å²) in [5.74, 6) is 0.0416. The zero-order valence-corrected chi connectivity index (χ0v) is 14.2. The maximum absolute atomic E-state index is 12.4. The number of piperidine rings is 1. The van der Waals surface area contributed by atoms with Crippen LogP contribution in [0.2, 0.25) is 5.02 Å². The molecule has 0 aliphatic carbocycles. The number of halogens is 1. The second-order valence-corrected chi connectivity index (χ2v) is 7.19. The van der Waals surface area contributed by atoms with E-state index in [0.29, 0.717) is 31.5 Å². The minimum Gasteiger partial charge on any atom is -0.393 e. The standard InChI is InChI=1S/C18H18ClNO2S/c19-14-3-7-17(8-4-14)23-16-5-1-13(2-6-16)18(22)20-11-9-15(21)10-12-20/h1-8,15,21H,9-12H2. The Bertz CT molecular complexity index is 664. The predicted octanol–water partition coefficient (Wildman–Crippen LogP) is 4.09. The van der Waals surface area contributed by atoms with E-state index in [4.69, 9.17) is 11.6 Å². The number of amides is 1. The number of hydrogen-bond acceptors (Lipinski definition) is 3. The van der Waals surface area contributed by atoms with Crippen molar-refractivity contribution in [1.82, 2.24) is 4.90 Å². The molecule has 0 spiro atoms. The number of nitrogens with zero attached hydrogens (tertiary/aromatic N) is 1. The van der Waals surface area contributed by atoms with Crippen molar-refractivity contribution < 1.29 is 9.90 Å². The Hall–Kier alpha value is -1.49. The monoisotopic (exact) mass is 347 g/mol. The zero-order chi connectivity index (χ0) is 16.2. The van der Waals surface area contributed by atoms with Crippen molar-refractivity contribution >= 4 is 29.3 Å².